The highest BCUT2D eigenvalue weighted by Gasteiger charge is 2.24. The zero-order valence-electron chi connectivity index (χ0n) is 17.6. The van der Waals surface area contributed by atoms with E-state index in [1.165, 1.54) is 59.9 Å². The van der Waals surface area contributed by atoms with Crippen LogP contribution in [0.5, 0.6) is 0 Å². The smallest absolute Gasteiger partial charge is 0.316 e. The molecule has 162 valence electrons. The van der Waals surface area contributed by atoms with E-state index in [0.29, 0.717) is 0 Å². The van der Waals surface area contributed by atoms with E-state index in [1.807, 2.05) is 0 Å². The Morgan fingerprint density at radius 2 is 1.53 bits per heavy atom. The average molecular weight is 427 g/mol. The third kappa shape index (κ3) is 5.78. The minimum absolute atomic E-state index is 0.436. The first-order valence-electron chi connectivity index (χ1n) is 11.0. The summed E-state index contributed by atoms with van der Waals surface area (Å²) in [5.74, 6) is 0. The Labute approximate surface area is 185 Å². The first-order chi connectivity index (χ1) is 14.7. The summed E-state index contributed by atoms with van der Waals surface area (Å²) in [6.45, 7) is 1.03. The SMILES string of the molecule is NC(=O)Nc1c2c(cc3c1CCC3)CCC2.NS.c1ccc(CNC2CCC2)cc1. The lowest BCUT2D eigenvalue weighted by Crippen LogP contribution is -2.34. The number of nitrogens with two attached hydrogens (primary N) is 2. The molecule has 0 atom stereocenters. The normalized spacial score (nSPS) is 16.2. The second-order valence-corrected chi connectivity index (χ2v) is 8.22. The lowest BCUT2D eigenvalue weighted by Gasteiger charge is -2.26. The molecule has 1 saturated carbocycles. The summed E-state index contributed by atoms with van der Waals surface area (Å²) in [4.78, 5) is 11.1. The van der Waals surface area contributed by atoms with Crippen LogP contribution in [0, 0.1) is 0 Å². The fourth-order valence-electron chi connectivity index (χ4n) is 4.56. The van der Waals surface area contributed by atoms with Crippen LogP contribution in [0.1, 0.15) is 59.9 Å². The van der Waals surface area contributed by atoms with Gasteiger partial charge in [0.2, 0.25) is 0 Å². The number of nitrogens with one attached hydrogen (secondary N) is 2. The molecule has 0 aliphatic heterocycles. The van der Waals surface area contributed by atoms with E-state index in [2.05, 4.69) is 65.0 Å². The Morgan fingerprint density at radius 1 is 0.933 bits per heavy atom. The lowest BCUT2D eigenvalue weighted by molar-refractivity contribution is 0.259. The van der Waals surface area contributed by atoms with Gasteiger partial charge in [-0.15, -0.1) is 12.8 Å². The molecule has 0 unspecified atom stereocenters. The number of amides is 2. The number of carbonyl (C=O) groups is 1. The number of hydrogen-bond acceptors (Lipinski definition) is 4. The molecular weight excluding hydrogens is 392 g/mol. The molecule has 2 aromatic rings. The van der Waals surface area contributed by atoms with E-state index >= 15 is 0 Å². The highest BCUT2D eigenvalue weighted by molar-refractivity contribution is 7.77. The summed E-state index contributed by atoms with van der Waals surface area (Å²) in [7, 11) is 0. The topological polar surface area (TPSA) is 93.2 Å². The fraction of sp³-hybridized carbons (Fsp3) is 0.458. The van der Waals surface area contributed by atoms with Gasteiger partial charge in [0.1, 0.15) is 0 Å². The first-order valence-corrected chi connectivity index (χ1v) is 11.5. The van der Waals surface area contributed by atoms with Crippen LogP contribution in [-0.2, 0) is 32.2 Å². The predicted molar refractivity (Wildman–Crippen MR) is 128 cm³/mol. The first kappa shape index (κ1) is 22.7. The monoisotopic (exact) mass is 426 g/mol. The molecule has 1 fully saturated rings. The van der Waals surface area contributed by atoms with Crippen molar-refractivity contribution < 1.29 is 4.79 Å². The summed E-state index contributed by atoms with van der Waals surface area (Å²) in [5, 5.41) is 10.6. The third-order valence-electron chi connectivity index (χ3n) is 6.26. The molecule has 30 heavy (non-hydrogen) atoms. The molecule has 2 amide bonds. The molecule has 6 heteroatoms. The Morgan fingerprint density at radius 3 is 2.03 bits per heavy atom. The van der Waals surface area contributed by atoms with Gasteiger partial charge in [0.15, 0.2) is 0 Å². The maximum atomic E-state index is 11.1. The molecule has 5 rings (SSSR count). The van der Waals surface area contributed by atoms with Gasteiger partial charge in [0, 0.05) is 18.3 Å². The number of hydrogen-bond donors (Lipinski definition) is 5. The van der Waals surface area contributed by atoms with Gasteiger partial charge in [0.25, 0.3) is 0 Å². The van der Waals surface area contributed by atoms with Gasteiger partial charge in [-0.3, -0.25) is 5.14 Å². The van der Waals surface area contributed by atoms with E-state index < -0.39 is 6.03 Å². The minimum atomic E-state index is -0.436. The molecule has 2 aromatic carbocycles. The van der Waals surface area contributed by atoms with Crippen LogP contribution in [-0.4, -0.2) is 12.1 Å². The molecule has 3 aliphatic rings. The summed E-state index contributed by atoms with van der Waals surface area (Å²) < 4.78 is 0. The van der Waals surface area contributed by atoms with Crippen LogP contribution in [0.2, 0.25) is 0 Å². The number of thiol groups is 1. The molecule has 0 saturated heterocycles. The summed E-state index contributed by atoms with van der Waals surface area (Å²) in [6.07, 6.45) is 11.0. The van der Waals surface area contributed by atoms with Crippen LogP contribution in [0.4, 0.5) is 10.5 Å². The number of aryl methyl sites for hydroxylation is 2. The van der Waals surface area contributed by atoms with Gasteiger partial charge in [0.05, 0.1) is 0 Å². The molecular formula is C24H34N4OS. The summed E-state index contributed by atoms with van der Waals surface area (Å²) in [6, 6.07) is 13.3. The second kappa shape index (κ2) is 11.4. The van der Waals surface area contributed by atoms with Crippen molar-refractivity contribution in [3.8, 4) is 0 Å². The number of carbonyl (C=O) groups excluding carboxylic acids is 1. The molecule has 0 spiro atoms. The molecule has 0 aromatic heterocycles. The quantitative estimate of drug-likeness (QED) is 0.473. The van der Waals surface area contributed by atoms with Crippen molar-refractivity contribution in [2.75, 3.05) is 5.32 Å². The van der Waals surface area contributed by atoms with Gasteiger partial charge in [-0.25, -0.2) is 4.79 Å². The Hall–Kier alpha value is -2.02. The number of benzene rings is 2. The molecule has 0 bridgehead atoms. The number of urea groups is 1. The number of primary amides is 1. The van der Waals surface area contributed by atoms with Gasteiger partial charge in [-0.05, 0) is 79.2 Å². The van der Waals surface area contributed by atoms with Crippen molar-refractivity contribution in [3.05, 3.63) is 64.2 Å². The van der Waals surface area contributed by atoms with E-state index in [-0.39, 0.29) is 0 Å². The van der Waals surface area contributed by atoms with Crippen LogP contribution >= 0.6 is 12.8 Å². The number of fused-ring (bicyclic) bond motifs is 2. The summed E-state index contributed by atoms with van der Waals surface area (Å²) >= 11 is 3.03. The van der Waals surface area contributed by atoms with E-state index in [9.17, 15) is 4.79 Å². The zero-order chi connectivity index (χ0) is 21.3. The van der Waals surface area contributed by atoms with Crippen molar-refractivity contribution in [3.63, 3.8) is 0 Å². The lowest BCUT2D eigenvalue weighted by atomic mass is 9.93. The zero-order valence-corrected chi connectivity index (χ0v) is 18.5. The minimum Gasteiger partial charge on any atom is -0.351 e. The molecule has 0 radical (unpaired) electrons. The molecule has 3 aliphatic carbocycles. The third-order valence-corrected chi connectivity index (χ3v) is 6.26. The van der Waals surface area contributed by atoms with Gasteiger partial charge < -0.3 is 16.4 Å². The second-order valence-electron chi connectivity index (χ2n) is 8.22. The van der Waals surface area contributed by atoms with Gasteiger partial charge in [-0.2, -0.15) is 0 Å². The highest BCUT2D eigenvalue weighted by atomic mass is 32.1. The standard InChI is InChI=1S/C13H16N2O.C11H15N.H3NS/c14-13(16)15-12-10-5-1-3-8(10)7-9-4-2-6-11(9)12;1-2-5-10(6-3-1)9-12-11-7-4-8-11;1-2/h7H,1-6H2,(H3,14,15,16);1-3,5-6,11-12H,4,7-9H2;2H,1H2. The van der Waals surface area contributed by atoms with Gasteiger partial charge in [-0.1, -0.05) is 42.8 Å². The van der Waals surface area contributed by atoms with Crippen LogP contribution in [0.25, 0.3) is 0 Å². The molecule has 0 heterocycles. The number of anilines is 1. The van der Waals surface area contributed by atoms with E-state index in [0.717, 1.165) is 44.0 Å². The van der Waals surface area contributed by atoms with Crippen molar-refractivity contribution in [1.82, 2.24) is 5.32 Å². The average Bonchev–Trinajstić information content (AvgIpc) is 3.38. The number of rotatable bonds is 4. The van der Waals surface area contributed by atoms with E-state index in [4.69, 9.17) is 5.73 Å². The van der Waals surface area contributed by atoms with Crippen molar-refractivity contribution >= 4 is 24.5 Å². The maximum Gasteiger partial charge on any atom is 0.316 e. The van der Waals surface area contributed by atoms with Crippen molar-refractivity contribution in [2.45, 2.75) is 70.4 Å². The largest absolute Gasteiger partial charge is 0.351 e. The molecule has 6 N–H and O–H groups in total. The summed E-state index contributed by atoms with van der Waals surface area (Å²) in [5.41, 5.74) is 13.2. The Kier molecular flexibility index (Phi) is 8.61. The fourth-order valence-corrected chi connectivity index (χ4v) is 4.56. The van der Waals surface area contributed by atoms with Crippen molar-refractivity contribution in [1.29, 1.82) is 0 Å². The Balaban J connectivity index is 0.000000163. The highest BCUT2D eigenvalue weighted by Crippen LogP contribution is 2.38. The van der Waals surface area contributed by atoms with Gasteiger partial charge >= 0.3 is 6.03 Å². The van der Waals surface area contributed by atoms with Crippen LogP contribution in [0.3, 0.4) is 0 Å². The Bertz CT molecular complexity index is 805. The van der Waals surface area contributed by atoms with Crippen LogP contribution < -0.4 is 21.5 Å². The molecule has 5 nitrogen and oxygen atoms in total. The maximum absolute atomic E-state index is 11.1. The van der Waals surface area contributed by atoms with E-state index in [1.54, 1.807) is 0 Å². The van der Waals surface area contributed by atoms with Crippen molar-refractivity contribution in [2.24, 2.45) is 10.9 Å². The van der Waals surface area contributed by atoms with Crippen LogP contribution in [0.15, 0.2) is 36.4 Å². The predicted octanol–water partition coefficient (Wildman–Crippen LogP) is 4.27.